The Labute approximate surface area is 259 Å². The van der Waals surface area contributed by atoms with Crippen molar-refractivity contribution in [3.8, 4) is 22.8 Å². The lowest BCUT2D eigenvalue weighted by Gasteiger charge is -2.32. The molecular formula is C32H29F4N5O5. The van der Waals surface area contributed by atoms with Crippen LogP contribution in [0.5, 0.6) is 11.5 Å². The van der Waals surface area contributed by atoms with Crippen molar-refractivity contribution in [2.24, 2.45) is 11.7 Å². The molecule has 1 aliphatic heterocycles. The zero-order valence-electron chi connectivity index (χ0n) is 24.5. The summed E-state index contributed by atoms with van der Waals surface area (Å²) in [5.74, 6) is -1.99. The van der Waals surface area contributed by atoms with Gasteiger partial charge in [-0.3, -0.25) is 9.59 Å². The molecular weight excluding hydrogens is 610 g/mol. The number of hydrogen-bond acceptors (Lipinski definition) is 7. The number of aromatic nitrogens is 3. The van der Waals surface area contributed by atoms with Gasteiger partial charge in [-0.2, -0.15) is 13.2 Å². The molecule has 0 radical (unpaired) electrons. The van der Waals surface area contributed by atoms with Gasteiger partial charge in [0.25, 0.3) is 5.91 Å². The van der Waals surface area contributed by atoms with E-state index in [1.54, 1.807) is 10.6 Å². The second kappa shape index (κ2) is 10.4. The number of imidazole rings is 1. The molecule has 4 aromatic rings. The molecule has 0 bridgehead atoms. The van der Waals surface area contributed by atoms with Gasteiger partial charge in [-0.15, -0.1) is 0 Å². The number of benzene rings is 1. The van der Waals surface area contributed by atoms with Crippen LogP contribution in [-0.2, 0) is 15.8 Å². The standard InChI is InChI=1S/C32H29F4N5O5/c1-45-23-10-18(12-41-13-22(16-2-3-16)39-27(23)41)28(42)38-14-31(44,32(34,35)36)24-11-21-26(25(40-24)17-4-8-20(33)9-5-17)46-15-30(21,29(37)43)19-6-7-19/h4-5,8-13,16,19,44H,2-3,6-7,14-15H2,1H3,(H2,37,43)(H,38,42)/t30-,31+/m1/s1. The van der Waals surface area contributed by atoms with E-state index in [-0.39, 0.29) is 46.4 Å². The van der Waals surface area contributed by atoms with E-state index in [9.17, 15) is 32.3 Å². The first-order valence-corrected chi connectivity index (χ1v) is 14.7. The van der Waals surface area contributed by atoms with Crippen molar-refractivity contribution in [1.29, 1.82) is 0 Å². The van der Waals surface area contributed by atoms with Crippen LogP contribution in [0, 0.1) is 11.7 Å². The van der Waals surface area contributed by atoms with Crippen LogP contribution in [-0.4, -0.2) is 57.7 Å². The molecule has 7 rings (SSSR count). The van der Waals surface area contributed by atoms with Crippen LogP contribution in [0.25, 0.3) is 16.9 Å². The molecule has 240 valence electrons. The average molecular weight is 640 g/mol. The molecule has 0 unspecified atom stereocenters. The zero-order valence-corrected chi connectivity index (χ0v) is 24.5. The Morgan fingerprint density at radius 2 is 1.85 bits per heavy atom. The molecule has 2 fully saturated rings. The van der Waals surface area contributed by atoms with Crippen LogP contribution in [0.2, 0.25) is 0 Å². The van der Waals surface area contributed by atoms with Crippen molar-refractivity contribution in [1.82, 2.24) is 19.7 Å². The Morgan fingerprint density at radius 1 is 1.13 bits per heavy atom. The fourth-order valence-electron chi connectivity index (χ4n) is 6.19. The first kappa shape index (κ1) is 30.0. The predicted molar refractivity (Wildman–Crippen MR) is 155 cm³/mol. The van der Waals surface area contributed by atoms with Crippen LogP contribution in [0.1, 0.15) is 58.9 Å². The third-order valence-corrected chi connectivity index (χ3v) is 9.14. The molecule has 2 atom stereocenters. The molecule has 0 spiro atoms. The molecule has 1 aromatic carbocycles. The third kappa shape index (κ3) is 4.73. The normalized spacial score (nSPS) is 20.6. The van der Waals surface area contributed by atoms with Crippen molar-refractivity contribution in [2.75, 3.05) is 20.3 Å². The molecule has 46 heavy (non-hydrogen) atoms. The number of amides is 2. The maximum Gasteiger partial charge on any atom is 0.424 e. The summed E-state index contributed by atoms with van der Waals surface area (Å²) in [6, 6.07) is 7.14. The van der Waals surface area contributed by atoms with Gasteiger partial charge >= 0.3 is 6.18 Å². The minimum absolute atomic E-state index is 0.0286. The van der Waals surface area contributed by atoms with Gasteiger partial charge in [0.15, 0.2) is 11.4 Å². The molecule has 2 amide bonds. The highest BCUT2D eigenvalue weighted by Gasteiger charge is 2.60. The van der Waals surface area contributed by atoms with E-state index in [0.717, 1.165) is 36.7 Å². The lowest BCUT2D eigenvalue weighted by atomic mass is 9.76. The minimum Gasteiger partial charge on any atom is -0.493 e. The second-order valence-electron chi connectivity index (χ2n) is 12.1. The van der Waals surface area contributed by atoms with Crippen LogP contribution >= 0.6 is 0 Å². The zero-order chi connectivity index (χ0) is 32.6. The fraction of sp³-hybridized carbons (Fsp3) is 0.375. The van der Waals surface area contributed by atoms with E-state index in [1.165, 1.54) is 31.5 Å². The van der Waals surface area contributed by atoms with Gasteiger partial charge in [0.05, 0.1) is 30.6 Å². The number of hydrogen-bond donors (Lipinski definition) is 3. The number of rotatable bonds is 9. The minimum atomic E-state index is -5.35. The second-order valence-corrected chi connectivity index (χ2v) is 12.1. The van der Waals surface area contributed by atoms with Crippen molar-refractivity contribution in [3.63, 3.8) is 0 Å². The number of primary amides is 1. The predicted octanol–water partition coefficient (Wildman–Crippen LogP) is 4.13. The lowest BCUT2D eigenvalue weighted by molar-refractivity contribution is -0.265. The Hall–Kier alpha value is -4.72. The SMILES string of the molecule is COc1cc(C(=O)NC[C@](O)(c2cc3c(c(-c4ccc(F)cc4)n2)OC[C@@]3(C(N)=O)C2CC2)C(F)(F)F)cn2cc(C3CC3)nc12. The number of alkyl halides is 3. The summed E-state index contributed by atoms with van der Waals surface area (Å²) < 4.78 is 71.2. The molecule has 4 heterocycles. The first-order valence-electron chi connectivity index (χ1n) is 14.7. The number of aliphatic hydroxyl groups is 1. The molecule has 10 nitrogen and oxygen atoms in total. The van der Waals surface area contributed by atoms with Crippen molar-refractivity contribution in [3.05, 3.63) is 77.1 Å². The Bertz CT molecular complexity index is 1890. The van der Waals surface area contributed by atoms with Crippen LogP contribution in [0.3, 0.4) is 0 Å². The maximum absolute atomic E-state index is 14.9. The Kier molecular flexibility index (Phi) is 6.78. The summed E-state index contributed by atoms with van der Waals surface area (Å²) in [5, 5.41) is 13.6. The Balaban J connectivity index is 1.29. The number of fused-ring (bicyclic) bond motifs is 2. The van der Waals surface area contributed by atoms with Gasteiger partial charge in [-0.1, -0.05) is 0 Å². The van der Waals surface area contributed by atoms with Gasteiger partial charge in [0.1, 0.15) is 29.3 Å². The molecule has 3 aromatic heterocycles. The molecule has 14 heteroatoms. The summed E-state index contributed by atoms with van der Waals surface area (Å²) in [5.41, 5.74) is 1.16. The van der Waals surface area contributed by atoms with E-state index in [4.69, 9.17) is 15.2 Å². The lowest BCUT2D eigenvalue weighted by Crippen LogP contribution is -2.52. The van der Waals surface area contributed by atoms with Crippen molar-refractivity contribution < 1.29 is 41.7 Å². The summed E-state index contributed by atoms with van der Waals surface area (Å²) in [4.78, 5) is 34.9. The largest absolute Gasteiger partial charge is 0.493 e. The highest BCUT2D eigenvalue weighted by molar-refractivity contribution is 5.95. The summed E-state index contributed by atoms with van der Waals surface area (Å²) >= 11 is 0. The number of methoxy groups -OCH3 is 1. The summed E-state index contributed by atoms with van der Waals surface area (Å²) in [6.45, 7) is -1.54. The average Bonchev–Trinajstić information content (AvgIpc) is 3.97. The summed E-state index contributed by atoms with van der Waals surface area (Å²) in [6.07, 6.45) is 1.000. The van der Waals surface area contributed by atoms with Crippen LogP contribution in [0.4, 0.5) is 17.6 Å². The van der Waals surface area contributed by atoms with E-state index >= 15 is 0 Å². The van der Waals surface area contributed by atoms with Crippen LogP contribution in [0.15, 0.2) is 48.8 Å². The first-order chi connectivity index (χ1) is 21.9. The van der Waals surface area contributed by atoms with E-state index in [1.807, 2.05) is 0 Å². The monoisotopic (exact) mass is 639 g/mol. The summed E-state index contributed by atoms with van der Waals surface area (Å²) in [7, 11) is 1.39. The van der Waals surface area contributed by atoms with E-state index in [2.05, 4.69) is 15.3 Å². The number of nitrogens with zero attached hydrogens (tertiary/aromatic N) is 3. The van der Waals surface area contributed by atoms with Gasteiger partial charge in [0.2, 0.25) is 11.5 Å². The number of nitrogens with one attached hydrogen (secondary N) is 1. The smallest absolute Gasteiger partial charge is 0.424 e. The number of pyridine rings is 2. The number of ether oxygens (including phenoxy) is 2. The molecule has 0 saturated heterocycles. The molecule has 3 aliphatic rings. The highest BCUT2D eigenvalue weighted by Crippen LogP contribution is 2.56. The van der Waals surface area contributed by atoms with Crippen molar-refractivity contribution in [2.45, 2.75) is 48.8 Å². The quantitative estimate of drug-likeness (QED) is 0.234. The van der Waals surface area contributed by atoms with Gasteiger partial charge in [-0.05, 0) is 68.0 Å². The van der Waals surface area contributed by atoms with Crippen molar-refractivity contribution >= 4 is 17.5 Å². The Morgan fingerprint density at radius 3 is 2.46 bits per heavy atom. The number of carbonyl (C=O) groups is 2. The van der Waals surface area contributed by atoms with Gasteiger partial charge in [-0.25, -0.2) is 14.4 Å². The molecule has 2 saturated carbocycles. The number of halogens is 4. The molecule has 4 N–H and O–H groups in total. The fourth-order valence-corrected chi connectivity index (χ4v) is 6.19. The van der Waals surface area contributed by atoms with E-state index in [0.29, 0.717) is 24.4 Å². The number of carbonyl (C=O) groups excluding carboxylic acids is 2. The third-order valence-electron chi connectivity index (χ3n) is 9.14. The topological polar surface area (TPSA) is 141 Å². The van der Waals surface area contributed by atoms with E-state index < -0.39 is 47.1 Å². The number of nitrogens with two attached hydrogens (primary N) is 1. The maximum atomic E-state index is 14.9. The van der Waals surface area contributed by atoms with Gasteiger partial charge in [0, 0.05) is 29.4 Å². The van der Waals surface area contributed by atoms with Gasteiger partial charge < -0.3 is 30.0 Å². The van der Waals surface area contributed by atoms with Crippen LogP contribution < -0.4 is 20.5 Å². The molecule has 2 aliphatic carbocycles. The highest BCUT2D eigenvalue weighted by atomic mass is 19.4.